The van der Waals surface area contributed by atoms with E-state index in [0.717, 1.165) is 0 Å². The predicted octanol–water partition coefficient (Wildman–Crippen LogP) is -4.12. The molecule has 4 aliphatic carbocycles. The average Bonchev–Trinajstić information content (AvgIpc) is 1.33. The summed E-state index contributed by atoms with van der Waals surface area (Å²) >= 11 is 0. The normalized spacial score (nSPS) is 52.5. The number of hydrogen-bond acceptors (Lipinski definition) is 28. The number of aliphatic hydroxyl groups is 16. The van der Waals surface area contributed by atoms with Crippen molar-refractivity contribution < 1.29 is 144 Å². The maximum absolute atomic E-state index is 14.6. The van der Waals surface area contributed by atoms with Crippen molar-refractivity contribution in [3.8, 4) is 0 Å². The van der Waals surface area contributed by atoms with Crippen LogP contribution in [0.3, 0.4) is 0 Å². The molecule has 9 aliphatic rings. The Labute approximate surface area is 509 Å². The molecular formula is C59H96O29. The van der Waals surface area contributed by atoms with Crippen LogP contribution in [0.1, 0.15) is 113 Å². The number of carboxylic acids is 1. The molecule has 0 aromatic heterocycles. The van der Waals surface area contributed by atoms with Crippen LogP contribution >= 0.6 is 0 Å². The van der Waals surface area contributed by atoms with E-state index in [1.165, 1.54) is 39.8 Å². The van der Waals surface area contributed by atoms with Crippen LogP contribution in [-0.4, -0.2) is 283 Å². The monoisotopic (exact) mass is 1270 g/mol. The fraction of sp³-hybridized carbons (Fsp3) is 0.932. The molecule has 34 atom stereocenters. The predicted molar refractivity (Wildman–Crippen MR) is 294 cm³/mol. The van der Waals surface area contributed by atoms with E-state index >= 15 is 0 Å². The van der Waals surface area contributed by atoms with Gasteiger partial charge in [0.2, 0.25) is 6.29 Å². The summed E-state index contributed by atoms with van der Waals surface area (Å²) in [5.41, 5.74) is -7.14. The number of fused-ring (bicyclic) bond motifs is 5. The van der Waals surface area contributed by atoms with E-state index in [-0.39, 0.29) is 24.7 Å². The molecule has 9 rings (SSSR count). The topological polar surface area (TPSA) is 470 Å². The number of esters is 1. The van der Waals surface area contributed by atoms with Crippen molar-refractivity contribution in [3.05, 3.63) is 12.2 Å². The van der Waals surface area contributed by atoms with Crippen molar-refractivity contribution in [1.82, 2.24) is 0 Å². The van der Waals surface area contributed by atoms with Crippen molar-refractivity contribution in [2.75, 3.05) is 19.8 Å². The number of carbonyl (C=O) groups is 2. The van der Waals surface area contributed by atoms with Gasteiger partial charge in [-0.15, -0.1) is 0 Å². The Balaban J connectivity index is 0.967. The average molecular weight is 1270 g/mol. The minimum atomic E-state index is -2.29. The summed E-state index contributed by atoms with van der Waals surface area (Å²) in [6, 6.07) is 0. The third kappa shape index (κ3) is 12.3. The molecule has 0 radical (unpaired) electrons. The Kier molecular flexibility index (Phi) is 20.8. The standard InChI is InChI=1S/C59H96O29/c1-23-33(62)37(66)41(70)47(81-23)80-22-29-36(65)40(69)43(72)49(84-29)86-45-27(61)21-79-51(46(45)87-48-42(71)38(67)34(63)24(2)82-48)85-32-14-17-55(5)30-11-10-25-26(12-18-56(25,6)57(30,7)19-13-31(55)58(32,8)52(74)75)59(78,16-9-15-54(3,4)77)53(76)88-50-44(73)39(68)35(64)28(20-60)83-50/h9,15,23-51,60-73,77-78H,10-14,16-22H2,1-8H3,(H,74,75)/b15-9+/t23-,24-,25+,26-,27-,28+,29+,30+,31+,32-,33-,34-,35+,36+,37+,38+,39-,40-,41+,42+,43+,44+,45-,46+,47+,48-,49-,50-,51-,55+,56+,57+,58-,59-/m0/s1. The maximum Gasteiger partial charge on any atom is 0.341 e. The Bertz CT molecular complexity index is 2440. The molecule has 29 heteroatoms. The lowest BCUT2D eigenvalue weighted by Crippen LogP contribution is -2.68. The molecular weight excluding hydrogens is 1170 g/mol. The van der Waals surface area contributed by atoms with Crippen LogP contribution in [0, 0.1) is 45.3 Å². The highest BCUT2D eigenvalue weighted by atomic mass is 16.8. The maximum atomic E-state index is 14.6. The number of carboxylic acid groups (broad SMARTS) is 1. The lowest BCUT2D eigenvalue weighted by Gasteiger charge is -2.69. The lowest BCUT2D eigenvalue weighted by molar-refractivity contribution is -0.389. The summed E-state index contributed by atoms with van der Waals surface area (Å²) in [6.45, 7) is 11.8. The third-order valence-electron chi connectivity index (χ3n) is 22.4. The fourth-order valence-electron chi connectivity index (χ4n) is 17.1. The molecule has 0 aromatic rings. The van der Waals surface area contributed by atoms with Gasteiger partial charge in [-0.25, -0.2) is 4.79 Å². The van der Waals surface area contributed by atoms with Crippen LogP contribution in [0.25, 0.3) is 0 Å². The molecule has 5 saturated heterocycles. The first kappa shape index (κ1) is 70.0. The van der Waals surface area contributed by atoms with Gasteiger partial charge in [-0.1, -0.05) is 32.9 Å². The highest BCUT2D eigenvalue weighted by Gasteiger charge is 2.73. The van der Waals surface area contributed by atoms with E-state index in [1.54, 1.807) is 6.92 Å². The smallest absolute Gasteiger partial charge is 0.341 e. The number of rotatable bonds is 17. The summed E-state index contributed by atoms with van der Waals surface area (Å²) in [4.78, 5) is 28.8. The van der Waals surface area contributed by atoms with E-state index in [9.17, 15) is 96.4 Å². The zero-order valence-corrected chi connectivity index (χ0v) is 50.9. The van der Waals surface area contributed by atoms with E-state index in [2.05, 4.69) is 20.8 Å². The molecule has 9 fully saturated rings. The first-order valence-electron chi connectivity index (χ1n) is 30.8. The van der Waals surface area contributed by atoms with Crippen LogP contribution < -0.4 is 0 Å². The van der Waals surface area contributed by atoms with E-state index in [4.69, 9.17) is 47.4 Å². The van der Waals surface area contributed by atoms with Crippen LogP contribution in [0.2, 0.25) is 0 Å². The molecule has 0 amide bonds. The molecule has 0 spiro atoms. The zero-order chi connectivity index (χ0) is 64.9. The molecule has 88 heavy (non-hydrogen) atoms. The number of hydrogen-bond donors (Lipinski definition) is 17. The second-order valence-electron chi connectivity index (χ2n) is 28.0. The van der Waals surface area contributed by atoms with Crippen LogP contribution in [0.15, 0.2) is 12.2 Å². The third-order valence-corrected chi connectivity index (χ3v) is 22.4. The van der Waals surface area contributed by atoms with Gasteiger partial charge in [0.1, 0.15) is 104 Å². The van der Waals surface area contributed by atoms with Gasteiger partial charge in [0.25, 0.3) is 0 Å². The molecule has 4 saturated carbocycles. The van der Waals surface area contributed by atoms with Crippen molar-refractivity contribution >= 4 is 11.9 Å². The summed E-state index contributed by atoms with van der Waals surface area (Å²) in [7, 11) is 0. The molecule has 5 aliphatic heterocycles. The quantitative estimate of drug-likeness (QED) is 0.0374. The number of ether oxygens (including phenoxy) is 10. The van der Waals surface area contributed by atoms with Crippen molar-refractivity contribution in [2.45, 2.75) is 278 Å². The number of aliphatic hydroxyl groups excluding tert-OH is 14. The molecule has 0 unspecified atom stereocenters. The summed E-state index contributed by atoms with van der Waals surface area (Å²) in [6.07, 6.45) is -36.3. The Morgan fingerprint density at radius 3 is 1.70 bits per heavy atom. The van der Waals surface area contributed by atoms with Crippen LogP contribution in [-0.2, 0) is 57.0 Å². The van der Waals surface area contributed by atoms with Crippen LogP contribution in [0.5, 0.6) is 0 Å². The fourth-order valence-corrected chi connectivity index (χ4v) is 17.1. The van der Waals surface area contributed by atoms with Gasteiger partial charge in [0.15, 0.2) is 30.8 Å². The van der Waals surface area contributed by atoms with Crippen LogP contribution in [0.4, 0.5) is 0 Å². The van der Waals surface area contributed by atoms with Gasteiger partial charge in [-0.05, 0) is 120 Å². The van der Waals surface area contributed by atoms with Crippen molar-refractivity contribution in [2.24, 2.45) is 45.3 Å². The lowest BCUT2D eigenvalue weighted by atomic mass is 9.35. The Morgan fingerprint density at radius 1 is 0.568 bits per heavy atom. The zero-order valence-electron chi connectivity index (χ0n) is 50.9. The molecule has 17 N–H and O–H groups in total. The summed E-state index contributed by atoms with van der Waals surface area (Å²) in [5.74, 6) is -4.20. The van der Waals surface area contributed by atoms with Crippen molar-refractivity contribution in [1.29, 1.82) is 0 Å². The van der Waals surface area contributed by atoms with Gasteiger partial charge in [0, 0.05) is 12.3 Å². The Hall–Kier alpha value is -2.32. The Morgan fingerprint density at radius 2 is 1.10 bits per heavy atom. The van der Waals surface area contributed by atoms with E-state index < -0.39 is 230 Å². The summed E-state index contributed by atoms with van der Waals surface area (Å²) < 4.78 is 59.6. The second-order valence-corrected chi connectivity index (χ2v) is 28.0. The van der Waals surface area contributed by atoms with E-state index in [1.807, 2.05) is 0 Å². The van der Waals surface area contributed by atoms with Gasteiger partial charge in [-0.3, -0.25) is 4.79 Å². The van der Waals surface area contributed by atoms with E-state index in [0.29, 0.717) is 44.9 Å². The molecule has 29 nitrogen and oxygen atoms in total. The SMILES string of the molecule is C[C@@H]1O[C@@H](OC[C@H]2O[C@@H](O[C@@H]3[C@@H](O[C@@H]4O[C@@H](C)[C@H](O)[C@@H](O)[C@H]4O)[C@H](O[C@H]4CC[C@@]5(C)[C@@H](CC[C@]6(C)[C@@H]5CC[C@@H]5[C@@H]([C@@](O)(C/C=C/C(C)(C)O)C(=O)O[C@@H]7O[C@H](CO)[C@@H](O)[C@H](O)[C@H]7O)CC[C@]56C)[C@]4(C)C(=O)O)OC[C@@H]3O)[C@H](O)[C@@H](O)[C@@H]2O)[C@H](O)[C@H](O)[C@H]1O. The summed E-state index contributed by atoms with van der Waals surface area (Å²) in [5, 5.41) is 186. The molecule has 506 valence electrons. The highest BCUT2D eigenvalue weighted by Crippen LogP contribution is 2.76. The first-order chi connectivity index (χ1) is 41.0. The minimum absolute atomic E-state index is 0.109. The largest absolute Gasteiger partial charge is 0.481 e. The highest BCUT2D eigenvalue weighted by molar-refractivity contribution is 5.80. The number of aliphatic carboxylic acids is 1. The van der Waals surface area contributed by atoms with Gasteiger partial charge in [0.05, 0.1) is 49.1 Å². The van der Waals surface area contributed by atoms with Gasteiger partial charge in [-0.2, -0.15) is 0 Å². The molecule has 0 aromatic carbocycles. The second kappa shape index (κ2) is 26.1. The van der Waals surface area contributed by atoms with Crippen molar-refractivity contribution in [3.63, 3.8) is 0 Å². The van der Waals surface area contributed by atoms with Gasteiger partial charge < -0.3 is 134 Å². The van der Waals surface area contributed by atoms with Gasteiger partial charge >= 0.3 is 11.9 Å². The number of carbonyl (C=O) groups excluding carboxylic acids is 1. The minimum Gasteiger partial charge on any atom is -0.481 e. The molecule has 0 bridgehead atoms. The first-order valence-corrected chi connectivity index (χ1v) is 30.8. The molecule has 5 heterocycles.